The van der Waals surface area contributed by atoms with Crippen LogP contribution >= 0.6 is 11.3 Å². The number of benzene rings is 2. The van der Waals surface area contributed by atoms with Crippen LogP contribution in [-0.4, -0.2) is 41.3 Å². The predicted molar refractivity (Wildman–Crippen MR) is 112 cm³/mol. The van der Waals surface area contributed by atoms with E-state index in [1.54, 1.807) is 40.9 Å². The Balaban J connectivity index is 1.45. The third-order valence-electron chi connectivity index (χ3n) is 4.54. The molecule has 30 heavy (non-hydrogen) atoms. The number of carbonyl (C=O) groups excluding carboxylic acids is 1. The van der Waals surface area contributed by atoms with Crippen molar-refractivity contribution in [1.29, 1.82) is 0 Å². The average Bonchev–Trinajstić information content (AvgIpc) is 3.35. The maximum absolute atomic E-state index is 14.0. The van der Waals surface area contributed by atoms with Crippen molar-refractivity contribution >= 4 is 22.2 Å². The van der Waals surface area contributed by atoms with E-state index < -0.39 is 0 Å². The van der Waals surface area contributed by atoms with E-state index in [2.05, 4.69) is 15.4 Å². The van der Waals surface area contributed by atoms with Crippen molar-refractivity contribution in [3.05, 3.63) is 64.9 Å². The summed E-state index contributed by atoms with van der Waals surface area (Å²) >= 11 is 1.42. The molecule has 7 nitrogen and oxygen atoms in total. The number of nitrogens with zero attached hydrogens (tertiary/aromatic N) is 3. The molecule has 4 aromatic rings. The number of hydrogen-bond acceptors (Lipinski definition) is 6. The fourth-order valence-electron chi connectivity index (χ4n) is 3.00. The molecule has 154 valence electrons. The molecule has 0 aliphatic carbocycles. The van der Waals surface area contributed by atoms with Gasteiger partial charge in [-0.2, -0.15) is 4.98 Å². The SMILES string of the molecule is COc1cc(OC)cc(C(=O)NCCc2csc3nc(-c4ccccc4F)nn23)c1. The van der Waals surface area contributed by atoms with Crippen LogP contribution in [0.1, 0.15) is 16.1 Å². The van der Waals surface area contributed by atoms with Gasteiger partial charge < -0.3 is 14.8 Å². The van der Waals surface area contributed by atoms with Crippen molar-refractivity contribution < 1.29 is 18.7 Å². The highest BCUT2D eigenvalue weighted by Crippen LogP contribution is 2.24. The third kappa shape index (κ3) is 3.97. The van der Waals surface area contributed by atoms with Gasteiger partial charge in [-0.15, -0.1) is 16.4 Å². The van der Waals surface area contributed by atoms with Crippen LogP contribution in [-0.2, 0) is 6.42 Å². The maximum atomic E-state index is 14.0. The zero-order chi connectivity index (χ0) is 21.1. The summed E-state index contributed by atoms with van der Waals surface area (Å²) in [6.07, 6.45) is 0.549. The fourth-order valence-corrected chi connectivity index (χ4v) is 3.85. The Bertz CT molecular complexity index is 1180. The minimum absolute atomic E-state index is 0.232. The molecule has 0 bridgehead atoms. The van der Waals surface area contributed by atoms with E-state index in [4.69, 9.17) is 9.47 Å². The van der Waals surface area contributed by atoms with E-state index in [0.717, 1.165) is 5.69 Å². The van der Waals surface area contributed by atoms with E-state index in [1.807, 2.05) is 5.38 Å². The van der Waals surface area contributed by atoms with Crippen molar-refractivity contribution in [3.8, 4) is 22.9 Å². The predicted octanol–water partition coefficient (Wildman–Crippen LogP) is 3.59. The number of methoxy groups -OCH3 is 2. The second kappa shape index (κ2) is 8.50. The largest absolute Gasteiger partial charge is 0.497 e. The van der Waals surface area contributed by atoms with Gasteiger partial charge in [0, 0.05) is 30.0 Å². The molecular weight excluding hydrogens is 407 g/mol. The average molecular weight is 426 g/mol. The molecule has 2 aromatic heterocycles. The Labute approximate surface area is 176 Å². The molecule has 0 saturated heterocycles. The fraction of sp³-hybridized carbons (Fsp3) is 0.190. The zero-order valence-electron chi connectivity index (χ0n) is 16.4. The second-order valence-corrected chi connectivity index (χ2v) is 7.28. The summed E-state index contributed by atoms with van der Waals surface area (Å²) in [5, 5.41) is 9.25. The van der Waals surface area contributed by atoms with Crippen molar-refractivity contribution in [2.24, 2.45) is 0 Å². The molecule has 0 radical (unpaired) electrons. The Morgan fingerprint density at radius 3 is 2.60 bits per heavy atom. The van der Waals surface area contributed by atoms with Crippen LogP contribution in [0.2, 0.25) is 0 Å². The van der Waals surface area contributed by atoms with Gasteiger partial charge in [-0.05, 0) is 24.3 Å². The van der Waals surface area contributed by atoms with Crippen molar-refractivity contribution in [2.45, 2.75) is 6.42 Å². The summed E-state index contributed by atoms with van der Waals surface area (Å²) in [5.41, 5.74) is 1.69. The third-order valence-corrected chi connectivity index (χ3v) is 5.41. The molecule has 0 spiro atoms. The van der Waals surface area contributed by atoms with Gasteiger partial charge in [0.1, 0.15) is 17.3 Å². The van der Waals surface area contributed by atoms with Crippen molar-refractivity contribution in [3.63, 3.8) is 0 Å². The molecule has 4 rings (SSSR count). The number of nitrogens with one attached hydrogen (secondary N) is 1. The molecule has 2 aromatic carbocycles. The molecule has 0 aliphatic heterocycles. The summed E-state index contributed by atoms with van der Waals surface area (Å²) in [6, 6.07) is 11.4. The summed E-state index contributed by atoms with van der Waals surface area (Å²) in [7, 11) is 3.07. The van der Waals surface area contributed by atoms with Crippen LogP contribution in [0.5, 0.6) is 11.5 Å². The Hall–Kier alpha value is -3.46. The number of carbonyl (C=O) groups is 1. The quantitative estimate of drug-likeness (QED) is 0.489. The van der Waals surface area contributed by atoms with Crippen LogP contribution in [0.15, 0.2) is 47.8 Å². The van der Waals surface area contributed by atoms with Gasteiger partial charge in [0.25, 0.3) is 5.91 Å². The number of thiazole rings is 1. The molecule has 0 fully saturated rings. The number of halogens is 1. The lowest BCUT2D eigenvalue weighted by Crippen LogP contribution is -2.26. The summed E-state index contributed by atoms with van der Waals surface area (Å²) in [5.74, 6) is 0.834. The van der Waals surface area contributed by atoms with Crippen molar-refractivity contribution in [2.75, 3.05) is 20.8 Å². The van der Waals surface area contributed by atoms with Gasteiger partial charge in [0.2, 0.25) is 4.96 Å². The van der Waals surface area contributed by atoms with E-state index in [0.29, 0.717) is 46.4 Å². The summed E-state index contributed by atoms with van der Waals surface area (Å²) in [6.45, 7) is 0.402. The molecule has 0 saturated carbocycles. The Morgan fingerprint density at radius 1 is 1.17 bits per heavy atom. The van der Waals surface area contributed by atoms with Crippen molar-refractivity contribution in [1.82, 2.24) is 19.9 Å². The van der Waals surface area contributed by atoms with Gasteiger partial charge >= 0.3 is 0 Å². The maximum Gasteiger partial charge on any atom is 0.251 e. The second-order valence-electron chi connectivity index (χ2n) is 6.44. The molecular formula is C21H19FN4O3S. The zero-order valence-corrected chi connectivity index (χ0v) is 17.2. The van der Waals surface area contributed by atoms with Gasteiger partial charge in [0.15, 0.2) is 5.82 Å². The first-order chi connectivity index (χ1) is 14.6. The number of rotatable bonds is 7. The highest BCUT2D eigenvalue weighted by molar-refractivity contribution is 7.15. The van der Waals surface area contributed by atoms with Crippen LogP contribution in [0.25, 0.3) is 16.3 Å². The summed E-state index contributed by atoms with van der Waals surface area (Å²) < 4.78 is 26.1. The first-order valence-corrected chi connectivity index (χ1v) is 10.1. The number of amides is 1. The summed E-state index contributed by atoms with van der Waals surface area (Å²) in [4.78, 5) is 17.6. The van der Waals surface area contributed by atoms with Crippen LogP contribution in [0, 0.1) is 5.82 Å². The first-order valence-electron chi connectivity index (χ1n) is 9.18. The lowest BCUT2D eigenvalue weighted by molar-refractivity contribution is 0.0953. The van der Waals surface area contributed by atoms with Gasteiger partial charge in [-0.25, -0.2) is 8.91 Å². The minimum atomic E-state index is -0.363. The normalized spacial score (nSPS) is 10.9. The van der Waals surface area contributed by atoms with Crippen LogP contribution < -0.4 is 14.8 Å². The highest BCUT2D eigenvalue weighted by Gasteiger charge is 2.15. The number of ether oxygens (including phenoxy) is 2. The molecule has 1 amide bonds. The van der Waals surface area contributed by atoms with Crippen LogP contribution in [0.3, 0.4) is 0 Å². The number of aromatic nitrogens is 3. The smallest absolute Gasteiger partial charge is 0.251 e. The Morgan fingerprint density at radius 2 is 1.90 bits per heavy atom. The first kappa shape index (κ1) is 19.8. The van der Waals surface area contributed by atoms with E-state index in [9.17, 15) is 9.18 Å². The highest BCUT2D eigenvalue weighted by atomic mass is 32.1. The number of hydrogen-bond donors (Lipinski definition) is 1. The lowest BCUT2D eigenvalue weighted by atomic mass is 10.2. The van der Waals surface area contributed by atoms with E-state index in [1.165, 1.54) is 31.6 Å². The van der Waals surface area contributed by atoms with E-state index in [-0.39, 0.29) is 11.7 Å². The monoisotopic (exact) mass is 426 g/mol. The van der Waals surface area contributed by atoms with E-state index >= 15 is 0 Å². The molecule has 2 heterocycles. The van der Waals surface area contributed by atoms with Gasteiger partial charge in [-0.3, -0.25) is 4.79 Å². The molecule has 9 heteroatoms. The standard InChI is InChI=1S/C21H19FN4O3S/c1-28-15-9-13(10-16(11-15)29-2)20(27)23-8-7-14-12-30-21-24-19(25-26(14)21)17-5-3-4-6-18(17)22/h3-6,9-12H,7-8H2,1-2H3,(H,23,27). The van der Waals surface area contributed by atoms with Gasteiger partial charge in [0.05, 0.1) is 25.5 Å². The molecule has 0 unspecified atom stereocenters. The Kier molecular flexibility index (Phi) is 5.62. The molecule has 1 N–H and O–H groups in total. The number of fused-ring (bicyclic) bond motifs is 1. The lowest BCUT2D eigenvalue weighted by Gasteiger charge is -2.09. The van der Waals surface area contributed by atoms with Gasteiger partial charge in [-0.1, -0.05) is 12.1 Å². The topological polar surface area (TPSA) is 77.8 Å². The molecule has 0 atom stereocenters. The molecule has 0 aliphatic rings. The van der Waals surface area contributed by atoms with Crippen LogP contribution in [0.4, 0.5) is 4.39 Å². The minimum Gasteiger partial charge on any atom is -0.497 e.